The SMILES string of the molecule is CCNC(=O)c1ccc(-c2ccnc(C(=O)O)c2)cc1F. The van der Waals surface area contributed by atoms with Crippen molar-refractivity contribution in [2.24, 2.45) is 0 Å². The minimum Gasteiger partial charge on any atom is -0.477 e. The number of amides is 1. The van der Waals surface area contributed by atoms with Crippen LogP contribution < -0.4 is 5.32 Å². The molecule has 108 valence electrons. The summed E-state index contributed by atoms with van der Waals surface area (Å²) in [7, 11) is 0. The van der Waals surface area contributed by atoms with Crippen LogP contribution >= 0.6 is 0 Å². The highest BCUT2D eigenvalue weighted by Gasteiger charge is 2.13. The van der Waals surface area contributed by atoms with Gasteiger partial charge in [0.1, 0.15) is 11.5 Å². The van der Waals surface area contributed by atoms with Crippen molar-refractivity contribution in [3.05, 3.63) is 53.6 Å². The fourth-order valence-electron chi connectivity index (χ4n) is 1.86. The first kappa shape index (κ1) is 14.6. The molecule has 6 heteroatoms. The highest BCUT2D eigenvalue weighted by atomic mass is 19.1. The van der Waals surface area contributed by atoms with Crippen molar-refractivity contribution in [1.29, 1.82) is 0 Å². The van der Waals surface area contributed by atoms with Gasteiger partial charge in [0.25, 0.3) is 5.91 Å². The average molecular weight is 288 g/mol. The van der Waals surface area contributed by atoms with Gasteiger partial charge in [0.05, 0.1) is 5.56 Å². The number of pyridine rings is 1. The van der Waals surface area contributed by atoms with Crippen LogP contribution in [0.25, 0.3) is 11.1 Å². The Bertz CT molecular complexity index is 701. The third-order valence-electron chi connectivity index (χ3n) is 2.86. The van der Waals surface area contributed by atoms with Crippen LogP contribution in [0.5, 0.6) is 0 Å². The Kier molecular flexibility index (Phi) is 4.27. The van der Waals surface area contributed by atoms with Gasteiger partial charge in [0, 0.05) is 12.7 Å². The van der Waals surface area contributed by atoms with Gasteiger partial charge in [-0.1, -0.05) is 6.07 Å². The molecule has 0 aliphatic carbocycles. The molecule has 0 spiro atoms. The predicted molar refractivity (Wildman–Crippen MR) is 74.6 cm³/mol. The molecule has 1 aromatic heterocycles. The molecule has 0 unspecified atom stereocenters. The van der Waals surface area contributed by atoms with E-state index in [2.05, 4.69) is 10.3 Å². The molecule has 1 heterocycles. The van der Waals surface area contributed by atoms with E-state index in [0.717, 1.165) is 0 Å². The number of nitrogens with zero attached hydrogens (tertiary/aromatic N) is 1. The lowest BCUT2D eigenvalue weighted by atomic mass is 10.0. The first-order chi connectivity index (χ1) is 10.0. The fourth-order valence-corrected chi connectivity index (χ4v) is 1.86. The number of carboxylic acid groups (broad SMARTS) is 1. The van der Waals surface area contributed by atoms with Gasteiger partial charge in [-0.25, -0.2) is 14.2 Å². The highest BCUT2D eigenvalue weighted by molar-refractivity contribution is 5.95. The van der Waals surface area contributed by atoms with Gasteiger partial charge in [-0.2, -0.15) is 0 Å². The minimum absolute atomic E-state index is 0.0480. The molecule has 0 bridgehead atoms. The summed E-state index contributed by atoms with van der Waals surface area (Å²) in [6.45, 7) is 2.15. The van der Waals surface area contributed by atoms with E-state index in [9.17, 15) is 14.0 Å². The molecule has 0 atom stereocenters. The molecule has 1 amide bonds. The third kappa shape index (κ3) is 3.22. The Morgan fingerprint density at radius 2 is 1.95 bits per heavy atom. The van der Waals surface area contributed by atoms with Crippen molar-refractivity contribution in [2.75, 3.05) is 6.54 Å². The summed E-state index contributed by atoms with van der Waals surface area (Å²) < 4.78 is 14.0. The Hall–Kier alpha value is -2.76. The van der Waals surface area contributed by atoms with E-state index in [0.29, 0.717) is 17.7 Å². The summed E-state index contributed by atoms with van der Waals surface area (Å²) in [4.78, 5) is 26.2. The molecular formula is C15H13FN2O3. The number of benzene rings is 1. The lowest BCUT2D eigenvalue weighted by Crippen LogP contribution is -2.23. The normalized spacial score (nSPS) is 10.2. The third-order valence-corrected chi connectivity index (χ3v) is 2.86. The Labute approximate surface area is 120 Å². The molecular weight excluding hydrogens is 275 g/mol. The summed E-state index contributed by atoms with van der Waals surface area (Å²) in [6, 6.07) is 7.06. The number of halogens is 1. The number of carbonyl (C=O) groups excluding carboxylic acids is 1. The van der Waals surface area contributed by atoms with E-state index in [-0.39, 0.29) is 11.3 Å². The van der Waals surface area contributed by atoms with E-state index in [1.54, 1.807) is 19.1 Å². The topological polar surface area (TPSA) is 79.3 Å². The zero-order valence-corrected chi connectivity index (χ0v) is 11.3. The number of carbonyl (C=O) groups is 2. The molecule has 2 N–H and O–H groups in total. The van der Waals surface area contributed by atoms with Gasteiger partial charge in [0.15, 0.2) is 0 Å². The number of rotatable bonds is 4. The Morgan fingerprint density at radius 3 is 2.57 bits per heavy atom. The molecule has 1 aromatic carbocycles. The zero-order chi connectivity index (χ0) is 15.4. The smallest absolute Gasteiger partial charge is 0.354 e. The van der Waals surface area contributed by atoms with Gasteiger partial charge in [-0.3, -0.25) is 4.79 Å². The van der Waals surface area contributed by atoms with E-state index < -0.39 is 17.7 Å². The van der Waals surface area contributed by atoms with Gasteiger partial charge < -0.3 is 10.4 Å². The molecule has 0 saturated heterocycles. The molecule has 2 rings (SSSR count). The number of aromatic carboxylic acids is 1. The second kappa shape index (κ2) is 6.13. The van der Waals surface area contributed by atoms with Gasteiger partial charge >= 0.3 is 5.97 Å². The Morgan fingerprint density at radius 1 is 1.24 bits per heavy atom. The lowest BCUT2D eigenvalue weighted by Gasteiger charge is -2.07. The minimum atomic E-state index is -1.16. The van der Waals surface area contributed by atoms with Crippen molar-refractivity contribution in [3.63, 3.8) is 0 Å². The van der Waals surface area contributed by atoms with E-state index in [4.69, 9.17) is 5.11 Å². The quantitative estimate of drug-likeness (QED) is 0.905. The Balaban J connectivity index is 2.38. The number of carboxylic acids is 1. The summed E-state index contributed by atoms with van der Waals surface area (Å²) >= 11 is 0. The molecule has 2 aromatic rings. The fraction of sp³-hybridized carbons (Fsp3) is 0.133. The second-order valence-electron chi connectivity index (χ2n) is 4.29. The van der Waals surface area contributed by atoms with Crippen LogP contribution in [0.2, 0.25) is 0 Å². The van der Waals surface area contributed by atoms with Crippen LogP contribution in [0, 0.1) is 5.82 Å². The van der Waals surface area contributed by atoms with Gasteiger partial charge in [-0.05, 0) is 42.3 Å². The number of nitrogens with one attached hydrogen (secondary N) is 1. The van der Waals surface area contributed by atoms with Crippen LogP contribution in [0.4, 0.5) is 4.39 Å². The van der Waals surface area contributed by atoms with Crippen molar-refractivity contribution >= 4 is 11.9 Å². The molecule has 0 fully saturated rings. The standard InChI is InChI=1S/C15H13FN2O3/c1-2-17-14(19)11-4-3-9(7-12(11)16)10-5-6-18-13(8-10)15(20)21/h3-8H,2H2,1H3,(H,17,19)(H,20,21). The van der Waals surface area contributed by atoms with E-state index in [1.807, 2.05) is 0 Å². The number of hydrogen-bond donors (Lipinski definition) is 2. The highest BCUT2D eigenvalue weighted by Crippen LogP contribution is 2.22. The summed E-state index contributed by atoms with van der Waals surface area (Å²) in [6.07, 6.45) is 1.34. The van der Waals surface area contributed by atoms with Crippen LogP contribution in [-0.2, 0) is 0 Å². The zero-order valence-electron chi connectivity index (χ0n) is 11.3. The second-order valence-corrected chi connectivity index (χ2v) is 4.29. The first-order valence-electron chi connectivity index (χ1n) is 6.30. The van der Waals surface area contributed by atoms with Crippen LogP contribution in [0.1, 0.15) is 27.8 Å². The molecule has 0 aliphatic heterocycles. The van der Waals surface area contributed by atoms with Crippen LogP contribution in [-0.4, -0.2) is 28.5 Å². The largest absolute Gasteiger partial charge is 0.477 e. The van der Waals surface area contributed by atoms with Crippen molar-refractivity contribution in [1.82, 2.24) is 10.3 Å². The van der Waals surface area contributed by atoms with E-state index >= 15 is 0 Å². The summed E-state index contributed by atoms with van der Waals surface area (Å²) in [5.41, 5.74) is 0.822. The van der Waals surface area contributed by atoms with E-state index in [1.165, 1.54) is 24.4 Å². The van der Waals surface area contributed by atoms with Crippen LogP contribution in [0.3, 0.4) is 0 Å². The number of hydrogen-bond acceptors (Lipinski definition) is 3. The maximum atomic E-state index is 14.0. The molecule has 5 nitrogen and oxygen atoms in total. The molecule has 0 saturated carbocycles. The van der Waals surface area contributed by atoms with Gasteiger partial charge in [0.2, 0.25) is 0 Å². The van der Waals surface area contributed by atoms with Gasteiger partial charge in [-0.15, -0.1) is 0 Å². The lowest BCUT2D eigenvalue weighted by molar-refractivity contribution is 0.0690. The maximum absolute atomic E-state index is 14.0. The summed E-state index contributed by atoms with van der Waals surface area (Å²) in [5, 5.41) is 11.4. The van der Waals surface area contributed by atoms with Crippen molar-refractivity contribution in [2.45, 2.75) is 6.92 Å². The molecule has 0 aliphatic rings. The average Bonchev–Trinajstić information content (AvgIpc) is 2.47. The monoisotopic (exact) mass is 288 g/mol. The number of aromatic nitrogens is 1. The predicted octanol–water partition coefficient (Wildman–Crippen LogP) is 2.34. The molecule has 0 radical (unpaired) electrons. The van der Waals surface area contributed by atoms with Crippen LogP contribution in [0.15, 0.2) is 36.5 Å². The summed E-state index contributed by atoms with van der Waals surface area (Å²) in [5.74, 6) is -2.30. The van der Waals surface area contributed by atoms with Crippen molar-refractivity contribution in [3.8, 4) is 11.1 Å². The van der Waals surface area contributed by atoms with Crippen molar-refractivity contribution < 1.29 is 19.1 Å². The maximum Gasteiger partial charge on any atom is 0.354 e. The molecule has 21 heavy (non-hydrogen) atoms. The first-order valence-corrected chi connectivity index (χ1v) is 6.30.